The minimum absolute atomic E-state index is 0.128. The van der Waals surface area contributed by atoms with Crippen LogP contribution in [0.2, 0.25) is 10.0 Å². The van der Waals surface area contributed by atoms with Crippen molar-refractivity contribution in [2.75, 3.05) is 5.73 Å². The normalized spacial score (nSPS) is 11.4. The number of aromatic amines is 1. The van der Waals surface area contributed by atoms with Crippen molar-refractivity contribution in [1.29, 1.82) is 0 Å². The van der Waals surface area contributed by atoms with Gasteiger partial charge in [-0.25, -0.2) is 4.98 Å². The van der Waals surface area contributed by atoms with E-state index in [0.29, 0.717) is 33.2 Å². The highest BCUT2D eigenvalue weighted by molar-refractivity contribution is 7.71. The Morgan fingerprint density at radius 3 is 2.67 bits per heavy atom. The predicted molar refractivity (Wildman–Crippen MR) is 87.5 cm³/mol. The van der Waals surface area contributed by atoms with Crippen molar-refractivity contribution in [3.63, 3.8) is 0 Å². The lowest BCUT2D eigenvalue weighted by atomic mass is 10.0. The van der Waals surface area contributed by atoms with Gasteiger partial charge in [0.1, 0.15) is 10.9 Å². The minimum Gasteiger partial charge on any atom is -0.398 e. The molecule has 108 valence electrons. The van der Waals surface area contributed by atoms with Crippen LogP contribution in [0.15, 0.2) is 24.3 Å². The van der Waals surface area contributed by atoms with Crippen LogP contribution in [0.1, 0.15) is 5.56 Å². The number of benzene rings is 1. The van der Waals surface area contributed by atoms with E-state index in [0.717, 1.165) is 0 Å². The summed E-state index contributed by atoms with van der Waals surface area (Å²) in [7, 11) is 0. The third kappa shape index (κ3) is 3.24. The number of nitrogens with zero attached hydrogens (tertiary/aromatic N) is 1. The molecule has 0 fully saturated rings. The number of halogens is 2. The number of hydrogen-bond acceptors (Lipinski definition) is 5. The molecular weight excluding hydrogens is 331 g/mol. The van der Waals surface area contributed by atoms with Gasteiger partial charge in [-0.3, -0.25) is 4.79 Å². The van der Waals surface area contributed by atoms with Crippen molar-refractivity contribution < 1.29 is 4.79 Å². The van der Waals surface area contributed by atoms with E-state index >= 15 is 0 Å². The van der Waals surface area contributed by atoms with Gasteiger partial charge in [-0.05, 0) is 12.1 Å². The molecule has 1 heterocycles. The summed E-state index contributed by atoms with van der Waals surface area (Å²) in [5.41, 5.74) is 13.3. The molecule has 0 bridgehead atoms. The van der Waals surface area contributed by atoms with Crippen molar-refractivity contribution >= 4 is 53.4 Å². The van der Waals surface area contributed by atoms with Crippen molar-refractivity contribution in [3.8, 4) is 11.3 Å². The summed E-state index contributed by atoms with van der Waals surface area (Å²) in [4.78, 5) is 17.5. The highest BCUT2D eigenvalue weighted by atomic mass is 35.5. The van der Waals surface area contributed by atoms with E-state index in [1.54, 1.807) is 18.2 Å². The van der Waals surface area contributed by atoms with Crippen LogP contribution in [-0.2, 0) is 4.79 Å². The molecule has 0 atom stereocenters. The molecule has 5 N–H and O–H groups in total. The van der Waals surface area contributed by atoms with Gasteiger partial charge in [0.05, 0.1) is 21.3 Å². The quantitative estimate of drug-likeness (QED) is 0.452. The third-order valence-corrected chi connectivity index (χ3v) is 3.72. The fourth-order valence-corrected chi connectivity index (χ4v) is 2.40. The van der Waals surface area contributed by atoms with Crippen molar-refractivity contribution in [2.45, 2.75) is 0 Å². The average molecular weight is 341 g/mol. The van der Waals surface area contributed by atoms with Crippen LogP contribution in [0.5, 0.6) is 0 Å². The van der Waals surface area contributed by atoms with E-state index in [1.807, 2.05) is 0 Å². The molecule has 8 heteroatoms. The molecule has 0 radical (unpaired) electrons. The predicted octanol–water partition coefficient (Wildman–Crippen LogP) is 3.19. The second-order valence-electron chi connectivity index (χ2n) is 4.06. The number of rotatable bonds is 3. The van der Waals surface area contributed by atoms with Crippen LogP contribution < -0.4 is 11.5 Å². The monoisotopic (exact) mass is 340 g/mol. The first-order valence-corrected chi connectivity index (χ1v) is 6.87. The van der Waals surface area contributed by atoms with Gasteiger partial charge < -0.3 is 16.5 Å². The fraction of sp³-hybridized carbons (Fsp3) is 0. The van der Waals surface area contributed by atoms with Crippen LogP contribution in [0.4, 0.5) is 5.95 Å². The number of nitrogens with two attached hydrogens (primary N) is 2. The second kappa shape index (κ2) is 6.26. The number of nitrogen functional groups attached to an aromatic ring is 1. The summed E-state index contributed by atoms with van der Waals surface area (Å²) in [6.45, 7) is 0. The van der Waals surface area contributed by atoms with Crippen LogP contribution in [0, 0.1) is 4.64 Å². The summed E-state index contributed by atoms with van der Waals surface area (Å²) in [5.74, 6) is 0.128. The third-order valence-electron chi connectivity index (χ3n) is 2.68. The summed E-state index contributed by atoms with van der Waals surface area (Å²) in [5, 5.41) is 0.784. The van der Waals surface area contributed by atoms with Gasteiger partial charge in [-0.2, -0.15) is 0 Å². The number of aldehydes is 1. The molecule has 0 amide bonds. The molecule has 0 aliphatic carbocycles. The average Bonchev–Trinajstić information content (AvgIpc) is 2.41. The number of carbonyl (C=O) groups excluding carboxylic acids is 1. The Morgan fingerprint density at radius 1 is 1.33 bits per heavy atom. The zero-order valence-electron chi connectivity index (χ0n) is 10.6. The molecule has 0 aliphatic rings. The first-order valence-electron chi connectivity index (χ1n) is 5.70. The number of allylic oxidation sites excluding steroid dienone is 1. The molecule has 5 nitrogen and oxygen atoms in total. The lowest BCUT2D eigenvalue weighted by molar-refractivity contribution is -0.104. The highest BCUT2D eigenvalue weighted by Gasteiger charge is 2.13. The Morgan fingerprint density at radius 2 is 2.05 bits per heavy atom. The van der Waals surface area contributed by atoms with Gasteiger partial charge in [-0.1, -0.05) is 41.5 Å². The molecule has 0 spiro atoms. The number of anilines is 1. The maximum Gasteiger partial charge on any atom is 0.199 e. The maximum absolute atomic E-state index is 10.6. The van der Waals surface area contributed by atoms with Crippen molar-refractivity contribution in [1.82, 2.24) is 9.97 Å². The number of nitrogens with one attached hydrogen (secondary N) is 1. The number of hydrogen-bond donors (Lipinski definition) is 3. The van der Waals surface area contributed by atoms with Crippen LogP contribution >= 0.6 is 35.4 Å². The van der Waals surface area contributed by atoms with Gasteiger partial charge in [0, 0.05) is 17.3 Å². The molecule has 0 aliphatic heterocycles. The van der Waals surface area contributed by atoms with Gasteiger partial charge in [0.15, 0.2) is 5.95 Å². The first-order chi connectivity index (χ1) is 9.93. The van der Waals surface area contributed by atoms with Gasteiger partial charge in [-0.15, -0.1) is 0 Å². The highest BCUT2D eigenvalue weighted by Crippen LogP contribution is 2.31. The summed E-state index contributed by atoms with van der Waals surface area (Å²) in [6, 6.07) is 5.00. The Hall–Kier alpha value is -1.89. The number of carbonyl (C=O) groups is 1. The van der Waals surface area contributed by atoms with Gasteiger partial charge >= 0.3 is 0 Å². The second-order valence-corrected chi connectivity index (χ2v) is 5.27. The number of aromatic nitrogens is 2. The van der Waals surface area contributed by atoms with Gasteiger partial charge in [0.2, 0.25) is 0 Å². The topological polar surface area (TPSA) is 97.8 Å². The smallest absolute Gasteiger partial charge is 0.199 e. The Balaban J connectivity index is 2.78. The molecule has 21 heavy (non-hydrogen) atoms. The molecule has 0 unspecified atom stereocenters. The molecule has 0 saturated carbocycles. The fourth-order valence-electron chi connectivity index (χ4n) is 1.78. The van der Waals surface area contributed by atoms with E-state index in [-0.39, 0.29) is 16.3 Å². The molecule has 0 saturated heterocycles. The van der Waals surface area contributed by atoms with Crippen LogP contribution in [-0.4, -0.2) is 16.3 Å². The van der Waals surface area contributed by atoms with E-state index in [2.05, 4.69) is 9.97 Å². The minimum atomic E-state index is 0.128. The summed E-state index contributed by atoms with van der Waals surface area (Å²) < 4.78 is 0.183. The molecule has 2 rings (SSSR count). The summed E-state index contributed by atoms with van der Waals surface area (Å²) >= 11 is 17.1. The molecular formula is C13H10Cl2N4OS. The van der Waals surface area contributed by atoms with Crippen molar-refractivity contribution in [2.24, 2.45) is 5.73 Å². The zero-order chi connectivity index (χ0) is 15.6. The lowest BCUT2D eigenvalue weighted by Gasteiger charge is -2.11. The zero-order valence-corrected chi connectivity index (χ0v) is 12.9. The van der Waals surface area contributed by atoms with Crippen LogP contribution in [0.25, 0.3) is 17.0 Å². The standard InChI is InChI=1S/C13H10Cl2N4OS/c14-7-2-1-6(5-8(7)15)11-10(9(16)3-4-20)12(21)19-13(17)18-11/h1-5H,16H2,(H3,17,18,19,21)/b9-3-. The lowest BCUT2D eigenvalue weighted by Crippen LogP contribution is -2.06. The van der Waals surface area contributed by atoms with Gasteiger partial charge in [0.25, 0.3) is 0 Å². The molecule has 1 aromatic heterocycles. The largest absolute Gasteiger partial charge is 0.398 e. The van der Waals surface area contributed by atoms with E-state index in [9.17, 15) is 4.79 Å². The van der Waals surface area contributed by atoms with Crippen LogP contribution in [0.3, 0.4) is 0 Å². The van der Waals surface area contributed by atoms with E-state index in [4.69, 9.17) is 46.9 Å². The first kappa shape index (κ1) is 15.5. The van der Waals surface area contributed by atoms with E-state index in [1.165, 1.54) is 6.08 Å². The Kier molecular flexibility index (Phi) is 4.62. The molecule has 1 aromatic carbocycles. The van der Waals surface area contributed by atoms with Crippen molar-refractivity contribution in [3.05, 3.63) is 44.5 Å². The molecule has 2 aromatic rings. The summed E-state index contributed by atoms with van der Waals surface area (Å²) in [6.07, 6.45) is 1.76. The maximum atomic E-state index is 10.6. The Bertz CT molecular complexity index is 801. The Labute approximate surface area is 135 Å². The SMILES string of the molecule is N/C(=C\C=O)c1c(-c2ccc(Cl)c(Cl)c2)[nH]c(N)nc1=S. The van der Waals surface area contributed by atoms with E-state index < -0.39 is 0 Å². The number of H-pyrrole nitrogens is 1.